The molecule has 0 aromatic rings. The number of methoxy groups -OCH3 is 1. The van der Waals surface area contributed by atoms with Crippen LogP contribution in [-0.2, 0) is 43.4 Å². The molecule has 1 amide bonds. The summed E-state index contributed by atoms with van der Waals surface area (Å²) in [4.78, 5) is 43.4. The van der Waals surface area contributed by atoms with Gasteiger partial charge in [-0.2, -0.15) is 0 Å². The molecule has 0 rings (SSSR count). The minimum Gasteiger partial charge on any atom is -0.469 e. The summed E-state index contributed by atoms with van der Waals surface area (Å²) < 4.78 is 4.40. The van der Waals surface area contributed by atoms with E-state index in [2.05, 4.69) is 20.7 Å². The Balaban J connectivity index is -0.000000460. The van der Waals surface area contributed by atoms with E-state index in [0.717, 1.165) is 19.3 Å². The Labute approximate surface area is 182 Å². The van der Waals surface area contributed by atoms with Crippen LogP contribution in [0.25, 0.3) is 0 Å². The first kappa shape index (κ1) is 31.5. The Morgan fingerprint density at radius 2 is 1.46 bits per heavy atom. The second-order valence-electron chi connectivity index (χ2n) is 6.70. The van der Waals surface area contributed by atoms with E-state index in [9.17, 15) is 19.2 Å². The predicted octanol–water partition coefficient (Wildman–Crippen LogP) is 0.972. The van der Waals surface area contributed by atoms with Gasteiger partial charge in [0.15, 0.2) is 0 Å². The molecule has 0 aliphatic rings. The zero-order chi connectivity index (χ0) is 21.4. The molecular weight excluding hydrogens is 416 g/mol. The van der Waals surface area contributed by atoms with Crippen molar-refractivity contribution in [1.82, 2.24) is 16.0 Å². The molecule has 8 nitrogen and oxygen atoms in total. The van der Waals surface area contributed by atoms with Crippen LogP contribution in [0.1, 0.15) is 60.3 Å². The van der Waals surface area contributed by atoms with Crippen LogP contribution < -0.4 is 16.0 Å². The molecule has 0 heterocycles. The maximum Gasteiger partial charge on any atom is 0.307 e. The number of Topliss-reactive ketones (excluding diaryl/α,β-unsaturated/α-hetero) is 2. The third-order valence-electron chi connectivity index (χ3n) is 3.76. The molecule has 0 aliphatic heterocycles. The van der Waals surface area contributed by atoms with Gasteiger partial charge in [0.05, 0.1) is 25.6 Å². The van der Waals surface area contributed by atoms with Crippen LogP contribution in [0.4, 0.5) is 0 Å². The van der Waals surface area contributed by atoms with Crippen LogP contribution in [-0.4, -0.2) is 62.3 Å². The van der Waals surface area contributed by atoms with E-state index in [4.69, 9.17) is 0 Å². The summed E-state index contributed by atoms with van der Waals surface area (Å²) in [6.07, 6.45) is 2.81. The molecule has 0 fully saturated rings. The molecule has 3 N–H and O–H groups in total. The van der Waals surface area contributed by atoms with Crippen molar-refractivity contribution in [1.29, 1.82) is 0 Å². The Kier molecular flexibility index (Phi) is 21.6. The van der Waals surface area contributed by atoms with Crippen LogP contribution in [0.5, 0.6) is 0 Å². The Hall–Kier alpha value is -1.18. The van der Waals surface area contributed by atoms with Gasteiger partial charge < -0.3 is 20.7 Å². The molecule has 28 heavy (non-hydrogen) atoms. The van der Waals surface area contributed by atoms with Gasteiger partial charge in [0.1, 0.15) is 11.6 Å². The molecule has 0 aromatic heterocycles. The molecule has 0 saturated heterocycles. The number of likely N-dealkylation sites (N-methyl/N-ethyl adjacent to an activating group) is 1. The maximum absolute atomic E-state index is 11.3. The molecule has 0 bridgehead atoms. The zero-order valence-electron chi connectivity index (χ0n) is 18.5. The molecule has 0 spiro atoms. The van der Waals surface area contributed by atoms with Crippen molar-refractivity contribution >= 4 is 23.4 Å². The Morgan fingerprint density at radius 3 is 1.82 bits per heavy atom. The van der Waals surface area contributed by atoms with Crippen molar-refractivity contribution in [3.8, 4) is 0 Å². The summed E-state index contributed by atoms with van der Waals surface area (Å²) in [5.74, 6) is -0.242. The van der Waals surface area contributed by atoms with Gasteiger partial charge in [-0.3, -0.25) is 19.2 Å². The molecule has 0 saturated carbocycles. The quantitative estimate of drug-likeness (QED) is 0.230. The van der Waals surface area contributed by atoms with Gasteiger partial charge in [0.2, 0.25) is 5.91 Å². The van der Waals surface area contributed by atoms with Crippen LogP contribution in [0, 0.1) is 0 Å². The standard InChI is InChI=1S/C12H24N2O2.C7H13NO3.Zn/c1-9(2)14-12(10(3)15)7-5-6-8-13-11(4)16;1-5(9)6(8-2)4-7(10)11-3;/h9,12,14H,5-8H2,1-4H3,(H,13,16);6,8H,4H2,1-3H3;. The van der Waals surface area contributed by atoms with Crippen molar-refractivity contribution in [3.63, 3.8) is 0 Å². The van der Waals surface area contributed by atoms with Crippen LogP contribution >= 0.6 is 0 Å². The number of hydrogen-bond acceptors (Lipinski definition) is 7. The first-order chi connectivity index (χ1) is 12.5. The number of ketones is 2. The number of unbranched alkanes of at least 4 members (excludes halogenated alkanes) is 1. The van der Waals surface area contributed by atoms with Crippen LogP contribution in [0.15, 0.2) is 0 Å². The number of carbonyl (C=O) groups is 4. The van der Waals surface area contributed by atoms with Gasteiger partial charge in [-0.05, 0) is 40.2 Å². The van der Waals surface area contributed by atoms with Gasteiger partial charge in [0.25, 0.3) is 0 Å². The van der Waals surface area contributed by atoms with Crippen LogP contribution in [0.3, 0.4) is 0 Å². The van der Waals surface area contributed by atoms with Crippen molar-refractivity contribution in [3.05, 3.63) is 0 Å². The fourth-order valence-corrected chi connectivity index (χ4v) is 2.24. The molecular formula is C19H37N3O5Zn. The average molecular weight is 453 g/mol. The minimum absolute atomic E-state index is 0. The monoisotopic (exact) mass is 451 g/mol. The van der Waals surface area contributed by atoms with Crippen molar-refractivity contribution < 1.29 is 43.4 Å². The first-order valence-corrected chi connectivity index (χ1v) is 9.30. The number of carbonyl (C=O) groups excluding carboxylic acids is 4. The van der Waals surface area contributed by atoms with E-state index in [0.29, 0.717) is 12.6 Å². The Morgan fingerprint density at radius 1 is 0.929 bits per heavy atom. The van der Waals surface area contributed by atoms with Gasteiger partial charge >= 0.3 is 5.97 Å². The fraction of sp³-hybridized carbons (Fsp3) is 0.789. The number of ether oxygens (including phenoxy) is 1. The van der Waals surface area contributed by atoms with Gasteiger partial charge in [-0.1, -0.05) is 13.8 Å². The largest absolute Gasteiger partial charge is 0.469 e. The fourth-order valence-electron chi connectivity index (χ4n) is 2.24. The minimum atomic E-state index is -0.414. The number of hydrogen-bond donors (Lipinski definition) is 3. The summed E-state index contributed by atoms with van der Waals surface area (Å²) in [6, 6.07) is -0.135. The van der Waals surface area contributed by atoms with E-state index in [-0.39, 0.29) is 55.4 Å². The van der Waals surface area contributed by atoms with E-state index in [1.54, 1.807) is 14.0 Å². The average Bonchev–Trinajstić information content (AvgIpc) is 2.57. The first-order valence-electron chi connectivity index (χ1n) is 9.30. The van der Waals surface area contributed by atoms with E-state index in [1.807, 2.05) is 13.8 Å². The second-order valence-corrected chi connectivity index (χ2v) is 6.70. The van der Waals surface area contributed by atoms with Crippen molar-refractivity contribution in [2.24, 2.45) is 0 Å². The number of amides is 1. The second kappa shape index (κ2) is 19.2. The predicted molar refractivity (Wildman–Crippen MR) is 105 cm³/mol. The van der Waals surface area contributed by atoms with E-state index >= 15 is 0 Å². The maximum atomic E-state index is 11.3. The van der Waals surface area contributed by atoms with Gasteiger partial charge in [-0.25, -0.2) is 0 Å². The molecule has 2 atom stereocenters. The molecule has 0 aromatic carbocycles. The number of rotatable bonds is 12. The summed E-state index contributed by atoms with van der Waals surface area (Å²) in [5, 5.41) is 8.70. The summed E-state index contributed by atoms with van der Waals surface area (Å²) >= 11 is 0. The SMILES string of the molecule is CC(=O)NCCCCC(NC(C)C)C(C)=O.CNC(CC(=O)OC)C(C)=O.[Zn]. The van der Waals surface area contributed by atoms with Gasteiger partial charge in [-0.15, -0.1) is 0 Å². The third kappa shape index (κ3) is 19.6. The zero-order valence-corrected chi connectivity index (χ0v) is 21.5. The Bertz CT molecular complexity index is 472. The third-order valence-corrected chi connectivity index (χ3v) is 3.76. The molecule has 2 unspecified atom stereocenters. The van der Waals surface area contributed by atoms with Crippen molar-refractivity contribution in [2.45, 2.75) is 78.4 Å². The number of nitrogens with one attached hydrogen (secondary N) is 3. The smallest absolute Gasteiger partial charge is 0.307 e. The topological polar surface area (TPSA) is 114 Å². The molecule has 160 valence electrons. The summed E-state index contributed by atoms with van der Waals surface area (Å²) in [7, 11) is 2.93. The number of esters is 1. The van der Waals surface area contributed by atoms with E-state index in [1.165, 1.54) is 21.0 Å². The molecule has 0 aliphatic carbocycles. The molecule has 9 heteroatoms. The summed E-state index contributed by atoms with van der Waals surface area (Å²) in [6.45, 7) is 9.33. The normalized spacial score (nSPS) is 12.0. The van der Waals surface area contributed by atoms with E-state index < -0.39 is 6.04 Å². The molecule has 0 radical (unpaired) electrons. The van der Waals surface area contributed by atoms with Crippen molar-refractivity contribution in [2.75, 3.05) is 20.7 Å². The van der Waals surface area contributed by atoms with Gasteiger partial charge in [0, 0.05) is 39.0 Å². The van der Waals surface area contributed by atoms with Crippen LogP contribution in [0.2, 0.25) is 0 Å². The summed E-state index contributed by atoms with van der Waals surface area (Å²) in [5.41, 5.74) is 0.